The molecule has 0 bridgehead atoms. The first-order valence-corrected chi connectivity index (χ1v) is 13.5. The first kappa shape index (κ1) is 27.1. The Morgan fingerprint density at radius 2 is 2.00 bits per heavy atom. The molecule has 0 N–H and O–H groups in total. The Bertz CT molecular complexity index is 1080. The summed E-state index contributed by atoms with van der Waals surface area (Å²) in [6.45, 7) is 8.59. The number of amides is 1. The van der Waals surface area contributed by atoms with Crippen LogP contribution in [0.3, 0.4) is 0 Å². The first-order chi connectivity index (χ1) is 16.5. The van der Waals surface area contributed by atoms with Gasteiger partial charge in [-0.25, -0.2) is 14.0 Å². The topological polar surface area (TPSA) is 118 Å². The Morgan fingerprint density at radius 1 is 1.26 bits per heavy atom. The van der Waals surface area contributed by atoms with Gasteiger partial charge in [-0.3, -0.25) is 4.79 Å². The van der Waals surface area contributed by atoms with Gasteiger partial charge in [0.25, 0.3) is 0 Å². The molecule has 35 heavy (non-hydrogen) atoms. The number of nitrogens with zero attached hydrogens (tertiary/aromatic N) is 4. The summed E-state index contributed by atoms with van der Waals surface area (Å²) in [6.07, 6.45) is 3.15. The standard InChI is InChI=1S/C24H36N4O6S/c1-17-10-11-20(21(25-17)27-14-12-18(16-27)8-7-15-29)35(32,26-23(31)34-24(2,3)4)28-13-6-9-19(28)22(30)33-5/h10-11,15,18-19H,6-9,12-14,16H2,1-5H3/t18-,19+,35+/m1/s1. The zero-order valence-electron chi connectivity index (χ0n) is 21.2. The number of ether oxygens (including phenoxy) is 2. The van der Waals surface area contributed by atoms with E-state index in [0.29, 0.717) is 50.6 Å². The highest BCUT2D eigenvalue weighted by Crippen LogP contribution is 2.36. The summed E-state index contributed by atoms with van der Waals surface area (Å²) in [6, 6.07) is 2.61. The lowest BCUT2D eigenvalue weighted by Gasteiger charge is -2.29. The monoisotopic (exact) mass is 508 g/mol. The summed E-state index contributed by atoms with van der Waals surface area (Å²) in [4.78, 5) is 43.2. The Morgan fingerprint density at radius 3 is 2.66 bits per heavy atom. The van der Waals surface area contributed by atoms with Gasteiger partial charge < -0.3 is 19.2 Å². The molecule has 1 aromatic rings. The van der Waals surface area contributed by atoms with Crippen LogP contribution in [0.2, 0.25) is 0 Å². The third-order valence-electron chi connectivity index (χ3n) is 6.13. The lowest BCUT2D eigenvalue weighted by Crippen LogP contribution is -2.42. The molecule has 11 heteroatoms. The van der Waals surface area contributed by atoms with E-state index in [1.807, 2.05) is 11.8 Å². The molecule has 0 spiro atoms. The molecule has 1 amide bonds. The third kappa shape index (κ3) is 6.38. The number of pyridine rings is 1. The normalized spacial score (nSPS) is 22.5. The van der Waals surface area contributed by atoms with Gasteiger partial charge in [-0.05, 0) is 71.4 Å². The Hall–Kier alpha value is -2.53. The van der Waals surface area contributed by atoms with Crippen molar-refractivity contribution in [3.63, 3.8) is 0 Å². The molecule has 2 saturated heterocycles. The van der Waals surface area contributed by atoms with E-state index in [-0.39, 0.29) is 4.90 Å². The van der Waals surface area contributed by atoms with Crippen molar-refractivity contribution in [2.24, 2.45) is 10.3 Å². The van der Waals surface area contributed by atoms with Crippen molar-refractivity contribution in [3.8, 4) is 0 Å². The van der Waals surface area contributed by atoms with Crippen LogP contribution in [0.25, 0.3) is 0 Å². The van der Waals surface area contributed by atoms with E-state index >= 15 is 0 Å². The summed E-state index contributed by atoms with van der Waals surface area (Å²) >= 11 is 0. The molecule has 0 aliphatic carbocycles. The van der Waals surface area contributed by atoms with Crippen molar-refractivity contribution in [2.45, 2.75) is 76.3 Å². The zero-order valence-corrected chi connectivity index (χ0v) is 22.0. The van der Waals surface area contributed by atoms with Crippen LogP contribution in [0.1, 0.15) is 58.6 Å². The number of aromatic nitrogens is 1. The molecule has 3 heterocycles. The van der Waals surface area contributed by atoms with Crippen LogP contribution in [-0.2, 0) is 29.0 Å². The molecule has 0 aromatic carbocycles. The van der Waals surface area contributed by atoms with Crippen LogP contribution in [0, 0.1) is 12.8 Å². The summed E-state index contributed by atoms with van der Waals surface area (Å²) in [5.41, 5.74) is -0.104. The molecule has 10 nitrogen and oxygen atoms in total. The highest BCUT2D eigenvalue weighted by atomic mass is 32.2. The molecule has 2 aliphatic rings. The quantitative estimate of drug-likeness (QED) is 0.406. The molecule has 0 saturated carbocycles. The second kappa shape index (κ2) is 11.0. The fourth-order valence-corrected chi connectivity index (χ4v) is 6.81. The summed E-state index contributed by atoms with van der Waals surface area (Å²) in [5.74, 6) is 0.265. The van der Waals surface area contributed by atoms with Crippen molar-refractivity contribution in [1.29, 1.82) is 0 Å². The molecule has 2 aliphatic heterocycles. The van der Waals surface area contributed by atoms with Gasteiger partial charge in [0.15, 0.2) is 9.92 Å². The number of esters is 1. The number of carbonyl (C=O) groups excluding carboxylic acids is 3. The number of rotatable bonds is 7. The third-order valence-corrected chi connectivity index (χ3v) is 8.49. The molecule has 0 radical (unpaired) electrons. The zero-order chi connectivity index (χ0) is 25.8. The van der Waals surface area contributed by atoms with Gasteiger partial charge in [-0.2, -0.15) is 4.31 Å². The molecular weight excluding hydrogens is 472 g/mol. The van der Waals surface area contributed by atoms with E-state index in [2.05, 4.69) is 4.36 Å². The number of aldehydes is 1. The van der Waals surface area contributed by atoms with E-state index < -0.39 is 33.6 Å². The van der Waals surface area contributed by atoms with Gasteiger partial charge in [0.05, 0.1) is 7.11 Å². The van der Waals surface area contributed by atoms with Crippen LogP contribution >= 0.6 is 0 Å². The van der Waals surface area contributed by atoms with Gasteiger partial charge in [0, 0.05) is 31.7 Å². The largest absolute Gasteiger partial charge is 0.468 e. The van der Waals surface area contributed by atoms with Crippen molar-refractivity contribution in [1.82, 2.24) is 9.29 Å². The van der Waals surface area contributed by atoms with E-state index in [1.54, 1.807) is 32.9 Å². The van der Waals surface area contributed by atoms with Crippen molar-refractivity contribution in [2.75, 3.05) is 31.6 Å². The molecule has 0 unspecified atom stereocenters. The maximum Gasteiger partial charge on any atom is 0.443 e. The highest BCUT2D eigenvalue weighted by molar-refractivity contribution is 7.91. The number of hydrogen-bond acceptors (Lipinski definition) is 8. The van der Waals surface area contributed by atoms with Crippen LogP contribution in [0.15, 0.2) is 21.4 Å². The molecule has 1 aromatic heterocycles. The van der Waals surface area contributed by atoms with Crippen LogP contribution in [-0.4, -0.2) is 70.2 Å². The highest BCUT2D eigenvalue weighted by Gasteiger charge is 2.42. The minimum absolute atomic E-state index is 0.279. The van der Waals surface area contributed by atoms with E-state index in [4.69, 9.17) is 14.5 Å². The lowest BCUT2D eigenvalue weighted by molar-refractivity contribution is -0.144. The SMILES string of the molecule is COC(=O)[C@@H]1CCCN1[S@@](=O)(=NC(=O)OC(C)(C)C)c1ccc(C)nc1N1CC[C@@H](CCC=O)C1. The molecule has 3 atom stereocenters. The molecule has 2 fully saturated rings. The van der Waals surface area contributed by atoms with Crippen LogP contribution < -0.4 is 4.90 Å². The van der Waals surface area contributed by atoms with Crippen molar-refractivity contribution < 1.29 is 28.1 Å². The fraction of sp³-hybridized carbons (Fsp3) is 0.667. The predicted molar refractivity (Wildman–Crippen MR) is 131 cm³/mol. The predicted octanol–water partition coefficient (Wildman–Crippen LogP) is 3.51. The average molecular weight is 509 g/mol. The minimum Gasteiger partial charge on any atom is -0.468 e. The Balaban J connectivity index is 2.13. The van der Waals surface area contributed by atoms with E-state index in [0.717, 1.165) is 24.8 Å². The number of aryl methyl sites for hydroxylation is 1. The lowest BCUT2D eigenvalue weighted by atomic mass is 10.0. The van der Waals surface area contributed by atoms with Gasteiger partial charge in [0.2, 0.25) is 0 Å². The van der Waals surface area contributed by atoms with Crippen LogP contribution in [0.5, 0.6) is 0 Å². The molecule has 194 valence electrons. The second-order valence-corrected chi connectivity index (χ2v) is 12.1. The number of anilines is 1. The average Bonchev–Trinajstić information content (AvgIpc) is 3.45. The number of carbonyl (C=O) groups is 3. The van der Waals surface area contributed by atoms with E-state index in [1.165, 1.54) is 11.4 Å². The van der Waals surface area contributed by atoms with Crippen molar-refractivity contribution >= 4 is 34.1 Å². The maximum atomic E-state index is 14.8. The molecule has 3 rings (SSSR count). The number of hydrogen-bond donors (Lipinski definition) is 0. The Kier molecular flexibility index (Phi) is 8.53. The van der Waals surface area contributed by atoms with Crippen molar-refractivity contribution in [3.05, 3.63) is 17.8 Å². The van der Waals surface area contributed by atoms with Gasteiger partial charge in [-0.15, -0.1) is 4.36 Å². The fourth-order valence-electron chi connectivity index (χ4n) is 4.55. The Labute approximate surface area is 207 Å². The minimum atomic E-state index is -3.62. The number of methoxy groups -OCH3 is 1. The smallest absolute Gasteiger partial charge is 0.443 e. The molecular formula is C24H36N4O6S. The summed E-state index contributed by atoms with van der Waals surface area (Å²) in [7, 11) is -2.33. The van der Waals surface area contributed by atoms with Gasteiger partial charge in [-0.1, -0.05) is 0 Å². The maximum absolute atomic E-state index is 14.8. The van der Waals surface area contributed by atoms with Gasteiger partial charge >= 0.3 is 12.1 Å². The van der Waals surface area contributed by atoms with Gasteiger partial charge in [0.1, 0.15) is 28.6 Å². The summed E-state index contributed by atoms with van der Waals surface area (Å²) < 4.78 is 30.7. The van der Waals surface area contributed by atoms with Crippen LogP contribution in [0.4, 0.5) is 10.6 Å². The second-order valence-electron chi connectivity index (χ2n) is 10.0. The summed E-state index contributed by atoms with van der Waals surface area (Å²) in [5, 5.41) is 0. The first-order valence-electron chi connectivity index (χ1n) is 12.0. The van der Waals surface area contributed by atoms with E-state index in [9.17, 15) is 18.6 Å².